The number of anilines is 1. The Balaban J connectivity index is 2.35. The minimum absolute atomic E-state index is 0.0907. The Bertz CT molecular complexity index is 894. The summed E-state index contributed by atoms with van der Waals surface area (Å²) in [4.78, 5) is 12.4. The van der Waals surface area contributed by atoms with E-state index in [0.717, 1.165) is 0 Å². The molecule has 2 aromatic carbocycles. The molecule has 0 spiro atoms. The Morgan fingerprint density at radius 1 is 1.04 bits per heavy atom. The van der Waals surface area contributed by atoms with Crippen molar-refractivity contribution in [2.45, 2.75) is 24.8 Å². The van der Waals surface area contributed by atoms with Crippen LogP contribution >= 0.6 is 0 Å². The van der Waals surface area contributed by atoms with Gasteiger partial charge >= 0.3 is 0 Å². The highest BCUT2D eigenvalue weighted by Gasteiger charge is 2.22. The van der Waals surface area contributed by atoms with Crippen LogP contribution in [0, 0.1) is 0 Å². The highest BCUT2D eigenvalue weighted by atomic mass is 32.2. The Kier molecular flexibility index (Phi) is 6.23. The Hall–Kier alpha value is -2.58. The summed E-state index contributed by atoms with van der Waals surface area (Å²) in [6.07, 6.45) is 0. The Morgan fingerprint density at radius 2 is 1.77 bits per heavy atom. The number of ether oxygens (including phenoxy) is 2. The molecule has 8 heteroatoms. The predicted octanol–water partition coefficient (Wildman–Crippen LogP) is 2.64. The SMILES string of the molecule is COc1cccc(NC(=O)c2ccc(OC)c(S(=O)(=O)NC(C)C)c2)c1. The van der Waals surface area contributed by atoms with Crippen molar-refractivity contribution in [2.24, 2.45) is 0 Å². The van der Waals surface area contributed by atoms with Crippen molar-refractivity contribution < 1.29 is 22.7 Å². The minimum atomic E-state index is -3.82. The first-order valence-corrected chi connectivity index (χ1v) is 9.41. The van der Waals surface area contributed by atoms with Crippen LogP contribution in [0.1, 0.15) is 24.2 Å². The average molecular weight is 378 g/mol. The summed E-state index contributed by atoms with van der Waals surface area (Å²) in [6.45, 7) is 3.42. The zero-order valence-corrected chi connectivity index (χ0v) is 15.9. The lowest BCUT2D eigenvalue weighted by molar-refractivity contribution is 0.102. The van der Waals surface area contributed by atoms with Gasteiger partial charge in [0.05, 0.1) is 14.2 Å². The summed E-state index contributed by atoms with van der Waals surface area (Å²) in [5.74, 6) is 0.319. The number of carbonyl (C=O) groups is 1. The Morgan fingerprint density at radius 3 is 2.38 bits per heavy atom. The molecule has 0 saturated carbocycles. The molecule has 1 amide bonds. The molecule has 2 rings (SSSR count). The second-order valence-electron chi connectivity index (χ2n) is 5.83. The molecule has 0 aromatic heterocycles. The fourth-order valence-electron chi connectivity index (χ4n) is 2.31. The topological polar surface area (TPSA) is 93.7 Å². The van der Waals surface area contributed by atoms with Crippen LogP contribution in [0.3, 0.4) is 0 Å². The lowest BCUT2D eigenvalue weighted by Crippen LogP contribution is -2.30. The van der Waals surface area contributed by atoms with Crippen LogP contribution in [0.25, 0.3) is 0 Å². The maximum Gasteiger partial charge on any atom is 0.255 e. The van der Waals surface area contributed by atoms with Crippen LogP contribution in [0.5, 0.6) is 11.5 Å². The van der Waals surface area contributed by atoms with Crippen molar-refractivity contribution >= 4 is 21.6 Å². The zero-order chi connectivity index (χ0) is 19.3. The molecule has 2 N–H and O–H groups in total. The van der Waals surface area contributed by atoms with Gasteiger partial charge in [-0.25, -0.2) is 13.1 Å². The van der Waals surface area contributed by atoms with Crippen LogP contribution < -0.4 is 19.5 Å². The van der Waals surface area contributed by atoms with Gasteiger partial charge in [-0.15, -0.1) is 0 Å². The highest BCUT2D eigenvalue weighted by molar-refractivity contribution is 7.89. The lowest BCUT2D eigenvalue weighted by atomic mass is 10.2. The molecular weight excluding hydrogens is 356 g/mol. The van der Waals surface area contributed by atoms with Crippen molar-refractivity contribution in [3.05, 3.63) is 48.0 Å². The van der Waals surface area contributed by atoms with Crippen LogP contribution in [0.2, 0.25) is 0 Å². The summed E-state index contributed by atoms with van der Waals surface area (Å²) >= 11 is 0. The van der Waals surface area contributed by atoms with E-state index in [0.29, 0.717) is 11.4 Å². The molecule has 0 fully saturated rings. The lowest BCUT2D eigenvalue weighted by Gasteiger charge is -2.14. The second-order valence-corrected chi connectivity index (χ2v) is 7.51. The van der Waals surface area contributed by atoms with Crippen molar-refractivity contribution in [2.75, 3.05) is 19.5 Å². The van der Waals surface area contributed by atoms with Crippen molar-refractivity contribution in [1.29, 1.82) is 0 Å². The molecular formula is C18H22N2O5S. The largest absolute Gasteiger partial charge is 0.497 e. The molecule has 0 radical (unpaired) electrons. The van der Waals surface area contributed by atoms with Crippen LogP contribution in [0.4, 0.5) is 5.69 Å². The smallest absolute Gasteiger partial charge is 0.255 e. The van der Waals surface area contributed by atoms with Crippen molar-refractivity contribution in [3.8, 4) is 11.5 Å². The number of carbonyl (C=O) groups excluding carboxylic acids is 1. The molecule has 0 saturated heterocycles. The molecule has 0 heterocycles. The normalized spacial score (nSPS) is 11.3. The minimum Gasteiger partial charge on any atom is -0.497 e. The molecule has 0 aliphatic rings. The van der Waals surface area contributed by atoms with E-state index in [9.17, 15) is 13.2 Å². The molecule has 0 atom stereocenters. The first-order chi connectivity index (χ1) is 12.3. The standard InChI is InChI=1S/C18H22N2O5S/c1-12(2)20-26(22,23)17-10-13(8-9-16(17)25-4)18(21)19-14-6-5-7-15(11-14)24-3/h5-12,20H,1-4H3,(H,19,21). The van der Waals surface area contributed by atoms with Crippen LogP contribution in [-0.2, 0) is 10.0 Å². The summed E-state index contributed by atoms with van der Waals surface area (Å²) in [5, 5.41) is 2.71. The molecule has 2 aromatic rings. The average Bonchev–Trinajstić information content (AvgIpc) is 2.60. The van der Waals surface area contributed by atoms with E-state index < -0.39 is 15.9 Å². The maximum absolute atomic E-state index is 12.5. The number of hydrogen-bond donors (Lipinski definition) is 2. The third-order valence-corrected chi connectivity index (χ3v) is 5.11. The number of benzene rings is 2. The van der Waals surface area contributed by atoms with Gasteiger partial charge in [0.1, 0.15) is 16.4 Å². The van der Waals surface area contributed by atoms with Gasteiger partial charge in [-0.3, -0.25) is 4.79 Å². The molecule has 7 nitrogen and oxygen atoms in total. The number of methoxy groups -OCH3 is 2. The molecule has 140 valence electrons. The monoisotopic (exact) mass is 378 g/mol. The van der Waals surface area contributed by atoms with Crippen LogP contribution in [-0.4, -0.2) is 34.6 Å². The number of nitrogens with one attached hydrogen (secondary N) is 2. The van der Waals surface area contributed by atoms with Gasteiger partial charge in [0.15, 0.2) is 0 Å². The first-order valence-electron chi connectivity index (χ1n) is 7.92. The quantitative estimate of drug-likeness (QED) is 0.772. The molecule has 0 bridgehead atoms. The van der Waals surface area contributed by atoms with E-state index in [1.54, 1.807) is 38.1 Å². The van der Waals surface area contributed by atoms with E-state index in [2.05, 4.69) is 10.0 Å². The second kappa shape index (κ2) is 8.20. The maximum atomic E-state index is 12.5. The Labute approximate surface area is 153 Å². The van der Waals surface area contributed by atoms with Crippen molar-refractivity contribution in [1.82, 2.24) is 4.72 Å². The molecule has 0 aliphatic heterocycles. The predicted molar refractivity (Wildman–Crippen MR) is 99.4 cm³/mol. The van der Waals surface area contributed by atoms with E-state index in [-0.39, 0.29) is 22.3 Å². The zero-order valence-electron chi connectivity index (χ0n) is 15.1. The van der Waals surface area contributed by atoms with Gasteiger partial charge in [0.2, 0.25) is 10.0 Å². The number of rotatable bonds is 7. The highest BCUT2D eigenvalue weighted by Crippen LogP contribution is 2.26. The first kappa shape index (κ1) is 19.7. The van der Waals surface area contributed by atoms with Crippen LogP contribution in [0.15, 0.2) is 47.4 Å². The van der Waals surface area contributed by atoms with Gasteiger partial charge < -0.3 is 14.8 Å². The van der Waals surface area contributed by atoms with E-state index in [4.69, 9.17) is 9.47 Å². The van der Waals surface area contributed by atoms with Gasteiger partial charge in [-0.05, 0) is 44.2 Å². The number of hydrogen-bond acceptors (Lipinski definition) is 5. The number of amides is 1. The summed E-state index contributed by atoms with van der Waals surface area (Å²) in [7, 11) is -0.911. The molecule has 26 heavy (non-hydrogen) atoms. The van der Waals surface area contributed by atoms with Crippen molar-refractivity contribution in [3.63, 3.8) is 0 Å². The molecule has 0 unspecified atom stereocenters. The summed E-state index contributed by atoms with van der Waals surface area (Å²) in [6, 6.07) is 10.8. The van der Waals surface area contributed by atoms with Gasteiger partial charge in [0.25, 0.3) is 5.91 Å². The van der Waals surface area contributed by atoms with E-state index in [1.165, 1.54) is 32.4 Å². The van der Waals surface area contributed by atoms with Gasteiger partial charge in [0, 0.05) is 23.4 Å². The third kappa shape index (κ3) is 4.74. The fraction of sp³-hybridized carbons (Fsp3) is 0.278. The summed E-state index contributed by atoms with van der Waals surface area (Å²) in [5.41, 5.74) is 0.729. The molecule has 0 aliphatic carbocycles. The number of sulfonamides is 1. The fourth-order valence-corrected chi connectivity index (χ4v) is 3.75. The van der Waals surface area contributed by atoms with E-state index >= 15 is 0 Å². The van der Waals surface area contributed by atoms with Gasteiger partial charge in [-0.1, -0.05) is 6.07 Å². The van der Waals surface area contributed by atoms with Gasteiger partial charge in [-0.2, -0.15) is 0 Å². The third-order valence-electron chi connectivity index (χ3n) is 3.43. The van der Waals surface area contributed by atoms with E-state index in [1.807, 2.05) is 0 Å². The summed E-state index contributed by atoms with van der Waals surface area (Å²) < 4.78 is 37.7.